The first-order chi connectivity index (χ1) is 9.21. The molecule has 1 atom stereocenters. The van der Waals surface area contributed by atoms with Crippen molar-refractivity contribution < 1.29 is 40.4 Å². The summed E-state index contributed by atoms with van der Waals surface area (Å²) in [5.41, 5.74) is 0. The normalized spacial score (nSPS) is 20.9. The van der Waals surface area contributed by atoms with Gasteiger partial charge in [-0.15, -0.1) is 0 Å². The van der Waals surface area contributed by atoms with Crippen LogP contribution in [0.5, 0.6) is 0 Å². The van der Waals surface area contributed by atoms with Crippen LogP contribution in [0.25, 0.3) is 0 Å². The first kappa shape index (κ1) is 16.8. The highest BCUT2D eigenvalue weighted by molar-refractivity contribution is 7.87. The quantitative estimate of drug-likeness (QED) is 0.412. The maximum Gasteiger partial charge on any atom is 0.403 e. The lowest BCUT2D eigenvalue weighted by Gasteiger charge is -2.17. The van der Waals surface area contributed by atoms with Gasteiger partial charge >= 0.3 is 27.3 Å². The van der Waals surface area contributed by atoms with Crippen molar-refractivity contribution in [2.75, 3.05) is 20.3 Å². The Morgan fingerprint density at radius 3 is 2.70 bits per heavy atom. The molecule has 1 rings (SSSR count). The van der Waals surface area contributed by atoms with Crippen LogP contribution in [0.2, 0.25) is 0 Å². The van der Waals surface area contributed by atoms with E-state index in [9.17, 15) is 26.8 Å². The lowest BCUT2D eigenvalue weighted by atomic mass is 10.0. The molecule has 0 saturated carbocycles. The summed E-state index contributed by atoms with van der Waals surface area (Å²) in [5.74, 6) is -3.40. The number of cyclic esters (lactones) is 1. The highest BCUT2D eigenvalue weighted by atomic mass is 32.2. The van der Waals surface area contributed by atoms with Gasteiger partial charge in [-0.2, -0.15) is 17.2 Å². The van der Waals surface area contributed by atoms with Crippen molar-refractivity contribution in [2.24, 2.45) is 5.92 Å². The van der Waals surface area contributed by atoms with Crippen molar-refractivity contribution in [1.29, 1.82) is 0 Å². The predicted molar refractivity (Wildman–Crippen MR) is 60.1 cm³/mol. The van der Waals surface area contributed by atoms with Gasteiger partial charge in [0.05, 0.1) is 13.7 Å². The molecular weight excluding hydrogens is 302 g/mol. The van der Waals surface area contributed by atoms with Gasteiger partial charge in [0.15, 0.2) is 12.5 Å². The van der Waals surface area contributed by atoms with Gasteiger partial charge in [0, 0.05) is 0 Å². The average Bonchev–Trinajstić information content (AvgIpc) is 2.60. The lowest BCUT2D eigenvalue weighted by molar-refractivity contribution is -0.164. The molecule has 0 amide bonds. The summed E-state index contributed by atoms with van der Waals surface area (Å²) in [6.07, 6.45) is 1.17. The van der Waals surface area contributed by atoms with Gasteiger partial charge in [0.2, 0.25) is 0 Å². The maximum absolute atomic E-state index is 13.2. The fraction of sp³-hybridized carbons (Fsp3) is 0.800. The van der Waals surface area contributed by atoms with Crippen LogP contribution in [0.1, 0.15) is 19.3 Å². The molecule has 0 aliphatic carbocycles. The van der Waals surface area contributed by atoms with E-state index in [2.05, 4.69) is 13.7 Å². The van der Waals surface area contributed by atoms with Crippen LogP contribution < -0.4 is 0 Å². The number of halogens is 2. The van der Waals surface area contributed by atoms with Gasteiger partial charge in [0.1, 0.15) is 0 Å². The second-order valence-electron chi connectivity index (χ2n) is 4.08. The molecule has 1 unspecified atom stereocenters. The number of ether oxygens (including phenoxy) is 2. The van der Waals surface area contributed by atoms with Crippen LogP contribution >= 0.6 is 0 Å². The lowest BCUT2D eigenvalue weighted by Crippen LogP contribution is -2.37. The number of carbonyl (C=O) groups is 2. The average molecular weight is 316 g/mol. The molecule has 10 heteroatoms. The van der Waals surface area contributed by atoms with E-state index in [0.29, 0.717) is 20.0 Å². The van der Waals surface area contributed by atoms with Crippen molar-refractivity contribution in [1.82, 2.24) is 0 Å². The molecule has 1 heterocycles. The van der Waals surface area contributed by atoms with Crippen LogP contribution in [-0.4, -0.2) is 45.9 Å². The fourth-order valence-corrected chi connectivity index (χ4v) is 1.95. The summed E-state index contributed by atoms with van der Waals surface area (Å²) in [7, 11) is -4.61. The first-order valence-corrected chi connectivity index (χ1v) is 7.13. The fourth-order valence-electron chi connectivity index (χ4n) is 1.51. The van der Waals surface area contributed by atoms with E-state index < -0.39 is 39.8 Å². The van der Waals surface area contributed by atoms with E-state index >= 15 is 0 Å². The molecule has 1 fully saturated rings. The van der Waals surface area contributed by atoms with Gasteiger partial charge in [-0.05, 0) is 19.3 Å². The van der Waals surface area contributed by atoms with E-state index in [1.54, 1.807) is 0 Å². The second kappa shape index (κ2) is 6.44. The minimum Gasteiger partial charge on any atom is -0.465 e. The largest absolute Gasteiger partial charge is 0.465 e. The summed E-state index contributed by atoms with van der Waals surface area (Å²) in [6.45, 7) is -1.57. The van der Waals surface area contributed by atoms with Crippen LogP contribution in [0, 0.1) is 5.92 Å². The SMILES string of the molecule is COS(=O)(=O)C(F)(F)COC(=O)C1CCCCOC1=O. The Kier molecular flexibility index (Phi) is 5.40. The molecule has 1 aliphatic rings. The third-order valence-electron chi connectivity index (χ3n) is 2.67. The number of carbonyl (C=O) groups excluding carboxylic acids is 2. The Morgan fingerprint density at radius 2 is 2.10 bits per heavy atom. The monoisotopic (exact) mass is 316 g/mol. The minimum atomic E-state index is -5.17. The molecular formula is C10H14F2O7S. The summed E-state index contributed by atoms with van der Waals surface area (Å²) < 4.78 is 60.7. The van der Waals surface area contributed by atoms with Crippen LogP contribution in [0.4, 0.5) is 8.78 Å². The minimum absolute atomic E-state index is 0.111. The zero-order valence-electron chi connectivity index (χ0n) is 10.6. The zero-order valence-corrected chi connectivity index (χ0v) is 11.5. The third-order valence-corrected chi connectivity index (χ3v) is 3.96. The summed E-state index contributed by atoms with van der Waals surface area (Å²) in [5, 5.41) is -4.38. The smallest absolute Gasteiger partial charge is 0.403 e. The molecule has 0 radical (unpaired) electrons. The van der Waals surface area contributed by atoms with E-state index in [-0.39, 0.29) is 13.0 Å². The summed E-state index contributed by atoms with van der Waals surface area (Å²) >= 11 is 0. The molecule has 0 aromatic rings. The summed E-state index contributed by atoms with van der Waals surface area (Å²) in [6, 6.07) is 0. The Labute approximate surface area is 114 Å². The Bertz CT molecular complexity index is 474. The third kappa shape index (κ3) is 3.85. The number of hydrogen-bond acceptors (Lipinski definition) is 7. The van der Waals surface area contributed by atoms with E-state index in [0.717, 1.165) is 0 Å². The van der Waals surface area contributed by atoms with E-state index in [1.165, 1.54) is 0 Å². The Hall–Kier alpha value is -1.29. The number of alkyl halides is 2. The highest BCUT2D eigenvalue weighted by Crippen LogP contribution is 2.24. The van der Waals surface area contributed by atoms with Crippen molar-refractivity contribution in [2.45, 2.75) is 24.5 Å². The van der Waals surface area contributed by atoms with Gasteiger partial charge in [0.25, 0.3) is 0 Å². The van der Waals surface area contributed by atoms with Gasteiger partial charge in [-0.1, -0.05) is 0 Å². The molecule has 1 aliphatic heterocycles. The summed E-state index contributed by atoms with van der Waals surface area (Å²) in [4.78, 5) is 22.9. The Morgan fingerprint density at radius 1 is 1.45 bits per heavy atom. The van der Waals surface area contributed by atoms with Crippen molar-refractivity contribution in [3.05, 3.63) is 0 Å². The van der Waals surface area contributed by atoms with Crippen LogP contribution in [0.15, 0.2) is 0 Å². The van der Waals surface area contributed by atoms with Gasteiger partial charge in [-0.3, -0.25) is 13.8 Å². The molecule has 7 nitrogen and oxygen atoms in total. The van der Waals surface area contributed by atoms with Crippen molar-refractivity contribution in [3.63, 3.8) is 0 Å². The van der Waals surface area contributed by atoms with Gasteiger partial charge < -0.3 is 9.47 Å². The zero-order chi connectivity index (χ0) is 15.4. The molecule has 0 aromatic heterocycles. The molecule has 20 heavy (non-hydrogen) atoms. The van der Waals surface area contributed by atoms with Crippen LogP contribution in [0.3, 0.4) is 0 Å². The molecule has 1 saturated heterocycles. The first-order valence-electron chi connectivity index (χ1n) is 5.72. The predicted octanol–water partition coefficient (Wildman–Crippen LogP) is 0.442. The number of rotatable bonds is 5. The molecule has 0 aromatic carbocycles. The molecule has 116 valence electrons. The molecule has 0 bridgehead atoms. The van der Waals surface area contributed by atoms with Crippen LogP contribution in [-0.2, 0) is 33.4 Å². The highest BCUT2D eigenvalue weighted by Gasteiger charge is 2.48. The molecule has 0 N–H and O–H groups in total. The van der Waals surface area contributed by atoms with E-state index in [4.69, 9.17) is 0 Å². The molecule has 0 spiro atoms. The van der Waals surface area contributed by atoms with E-state index in [1.807, 2.05) is 0 Å². The van der Waals surface area contributed by atoms with Crippen molar-refractivity contribution in [3.8, 4) is 0 Å². The van der Waals surface area contributed by atoms with Crippen molar-refractivity contribution >= 4 is 22.1 Å². The topological polar surface area (TPSA) is 96.0 Å². The number of esters is 2. The number of hydrogen-bond donors (Lipinski definition) is 0. The standard InChI is InChI=1S/C10H14F2O7S/c1-17-20(15,16)10(11,12)6-19-9(14)7-4-2-3-5-18-8(7)13/h7H,2-6H2,1H3. The Balaban J connectivity index is 2.65. The van der Waals surface area contributed by atoms with Gasteiger partial charge in [-0.25, -0.2) is 0 Å². The second-order valence-corrected chi connectivity index (χ2v) is 5.92. The maximum atomic E-state index is 13.2.